The fourth-order valence-corrected chi connectivity index (χ4v) is 1.89. The highest BCUT2D eigenvalue weighted by molar-refractivity contribution is 14.0. The lowest BCUT2D eigenvalue weighted by Crippen LogP contribution is -2.27. The first-order valence-corrected chi connectivity index (χ1v) is 6.00. The van der Waals surface area contributed by atoms with Crippen molar-refractivity contribution >= 4 is 47.2 Å². The van der Waals surface area contributed by atoms with Crippen LogP contribution in [0.2, 0.25) is 5.02 Å². The van der Waals surface area contributed by atoms with E-state index in [9.17, 15) is 0 Å². The fraction of sp³-hybridized carbons (Fsp3) is 0.417. The van der Waals surface area contributed by atoms with E-state index in [1.165, 1.54) is 6.42 Å². The zero-order valence-corrected chi connectivity index (χ0v) is 13.2. The van der Waals surface area contributed by atoms with Crippen molar-refractivity contribution in [3.63, 3.8) is 0 Å². The Bertz CT molecular complexity index is 435. The first-order valence-electron chi connectivity index (χ1n) is 5.63. The number of ether oxygens (including phenoxy) is 1. The summed E-state index contributed by atoms with van der Waals surface area (Å²) in [5, 5.41) is 3.57. The number of aliphatic imine (C=N–C) groups is 1. The molecule has 0 radical (unpaired) electrons. The molecule has 1 aromatic carbocycles. The van der Waals surface area contributed by atoms with Gasteiger partial charge < -0.3 is 15.8 Å². The molecule has 4 nitrogen and oxygen atoms in total. The molecule has 0 aromatic heterocycles. The van der Waals surface area contributed by atoms with Gasteiger partial charge in [-0.05, 0) is 37.5 Å². The van der Waals surface area contributed by atoms with Crippen molar-refractivity contribution in [1.82, 2.24) is 0 Å². The van der Waals surface area contributed by atoms with E-state index in [0.717, 1.165) is 18.5 Å². The van der Waals surface area contributed by atoms with E-state index in [-0.39, 0.29) is 24.0 Å². The normalized spacial score (nSPS) is 15.6. The van der Waals surface area contributed by atoms with Gasteiger partial charge in [-0.25, -0.2) is 4.99 Å². The number of nitrogens with two attached hydrogens (primary N) is 1. The van der Waals surface area contributed by atoms with E-state index in [0.29, 0.717) is 22.8 Å². The predicted molar refractivity (Wildman–Crippen MR) is 86.3 cm³/mol. The maximum atomic E-state index is 6.01. The summed E-state index contributed by atoms with van der Waals surface area (Å²) < 4.78 is 5.07. The number of nitrogens with one attached hydrogen (secondary N) is 1. The number of anilines is 1. The van der Waals surface area contributed by atoms with Gasteiger partial charge in [0, 0.05) is 5.69 Å². The molecule has 0 aliphatic heterocycles. The largest absolute Gasteiger partial charge is 0.495 e. The number of guanidine groups is 1. The maximum Gasteiger partial charge on any atom is 0.193 e. The van der Waals surface area contributed by atoms with Crippen LogP contribution in [0.15, 0.2) is 23.2 Å². The van der Waals surface area contributed by atoms with Crippen LogP contribution in [-0.4, -0.2) is 19.1 Å². The molecule has 1 aromatic rings. The molecule has 1 saturated carbocycles. The second kappa shape index (κ2) is 7.04. The number of hydrogen-bond acceptors (Lipinski definition) is 2. The van der Waals surface area contributed by atoms with Gasteiger partial charge in [0.25, 0.3) is 0 Å². The van der Waals surface area contributed by atoms with Crippen LogP contribution in [0.5, 0.6) is 5.75 Å². The molecule has 0 atom stereocenters. The van der Waals surface area contributed by atoms with E-state index in [1.807, 2.05) is 6.07 Å². The summed E-state index contributed by atoms with van der Waals surface area (Å²) in [4.78, 5) is 4.36. The molecule has 2 rings (SSSR count). The van der Waals surface area contributed by atoms with Crippen LogP contribution >= 0.6 is 35.6 Å². The van der Waals surface area contributed by atoms with Crippen LogP contribution in [0.1, 0.15) is 19.3 Å². The SMILES string of the molecule is COc1ccc(NC(N)=NC2CCC2)cc1Cl.I. The molecule has 100 valence electrons. The minimum Gasteiger partial charge on any atom is -0.495 e. The van der Waals surface area contributed by atoms with Crippen LogP contribution < -0.4 is 15.8 Å². The molecular weight excluding hydrogens is 365 g/mol. The van der Waals surface area contributed by atoms with Crippen LogP contribution in [0.25, 0.3) is 0 Å². The first-order chi connectivity index (χ1) is 8.19. The summed E-state index contributed by atoms with van der Waals surface area (Å²) in [5.74, 6) is 1.09. The minimum absolute atomic E-state index is 0. The van der Waals surface area contributed by atoms with Gasteiger partial charge >= 0.3 is 0 Å². The summed E-state index contributed by atoms with van der Waals surface area (Å²) in [6.07, 6.45) is 3.51. The third kappa shape index (κ3) is 3.91. The predicted octanol–water partition coefficient (Wildman–Crippen LogP) is 3.25. The van der Waals surface area contributed by atoms with E-state index < -0.39 is 0 Å². The van der Waals surface area contributed by atoms with Crippen LogP contribution in [0.4, 0.5) is 5.69 Å². The molecule has 0 spiro atoms. The van der Waals surface area contributed by atoms with Gasteiger partial charge in [0.2, 0.25) is 0 Å². The highest BCUT2D eigenvalue weighted by Crippen LogP contribution is 2.27. The molecule has 0 bridgehead atoms. The van der Waals surface area contributed by atoms with Gasteiger partial charge in [0.05, 0.1) is 18.2 Å². The molecule has 18 heavy (non-hydrogen) atoms. The summed E-state index contributed by atoms with van der Waals surface area (Å²) in [6, 6.07) is 5.80. The second-order valence-electron chi connectivity index (χ2n) is 4.07. The van der Waals surface area contributed by atoms with Gasteiger partial charge in [-0.2, -0.15) is 0 Å². The maximum absolute atomic E-state index is 6.01. The molecule has 0 unspecified atom stereocenters. The van der Waals surface area contributed by atoms with E-state index in [2.05, 4.69) is 10.3 Å². The van der Waals surface area contributed by atoms with Crippen LogP contribution in [0, 0.1) is 0 Å². The van der Waals surface area contributed by atoms with Crippen molar-refractivity contribution in [1.29, 1.82) is 0 Å². The Morgan fingerprint density at radius 1 is 1.50 bits per heavy atom. The summed E-state index contributed by atoms with van der Waals surface area (Å²) >= 11 is 6.01. The number of methoxy groups -OCH3 is 1. The Morgan fingerprint density at radius 3 is 2.72 bits per heavy atom. The average molecular weight is 382 g/mol. The van der Waals surface area contributed by atoms with E-state index in [1.54, 1.807) is 19.2 Å². The summed E-state index contributed by atoms with van der Waals surface area (Å²) in [6.45, 7) is 0. The lowest BCUT2D eigenvalue weighted by atomic mass is 9.94. The molecule has 1 aliphatic rings. The topological polar surface area (TPSA) is 59.6 Å². The molecule has 6 heteroatoms. The molecule has 0 saturated heterocycles. The molecule has 1 aliphatic carbocycles. The standard InChI is InChI=1S/C12H16ClN3O.HI/c1-17-11-6-5-9(7-10(11)13)16-12(14)15-8-3-2-4-8;/h5-8H,2-4H2,1H3,(H3,14,15,16);1H. The quantitative estimate of drug-likeness (QED) is 0.480. The van der Waals surface area contributed by atoms with E-state index in [4.69, 9.17) is 22.1 Å². The van der Waals surface area contributed by atoms with Crippen LogP contribution in [0.3, 0.4) is 0 Å². The number of benzene rings is 1. The third-order valence-electron chi connectivity index (χ3n) is 2.82. The second-order valence-corrected chi connectivity index (χ2v) is 4.48. The highest BCUT2D eigenvalue weighted by atomic mass is 127. The molecule has 0 amide bonds. The summed E-state index contributed by atoms with van der Waals surface area (Å²) in [7, 11) is 1.58. The van der Waals surface area contributed by atoms with Crippen molar-refractivity contribution in [2.24, 2.45) is 10.7 Å². The van der Waals surface area contributed by atoms with Crippen molar-refractivity contribution in [2.45, 2.75) is 25.3 Å². The molecule has 3 N–H and O–H groups in total. The number of rotatable bonds is 3. The highest BCUT2D eigenvalue weighted by Gasteiger charge is 2.16. The number of hydrogen-bond donors (Lipinski definition) is 2. The van der Waals surface area contributed by atoms with Gasteiger partial charge in [-0.1, -0.05) is 11.6 Å². The van der Waals surface area contributed by atoms with Crippen molar-refractivity contribution in [2.75, 3.05) is 12.4 Å². The molecule has 0 heterocycles. The lowest BCUT2D eigenvalue weighted by Gasteiger charge is -2.21. The first kappa shape index (κ1) is 15.4. The average Bonchev–Trinajstić information content (AvgIpc) is 2.24. The Morgan fingerprint density at radius 2 is 2.22 bits per heavy atom. The van der Waals surface area contributed by atoms with Crippen molar-refractivity contribution < 1.29 is 4.74 Å². The number of halogens is 2. The van der Waals surface area contributed by atoms with Crippen molar-refractivity contribution in [3.05, 3.63) is 23.2 Å². The minimum atomic E-state index is 0. The molecule has 1 fully saturated rings. The van der Waals surface area contributed by atoms with Gasteiger partial charge in [-0.15, -0.1) is 24.0 Å². The molecular formula is C12H17ClIN3O. The lowest BCUT2D eigenvalue weighted by molar-refractivity contribution is 0.415. The zero-order valence-electron chi connectivity index (χ0n) is 10.1. The van der Waals surface area contributed by atoms with Crippen molar-refractivity contribution in [3.8, 4) is 5.75 Å². The zero-order chi connectivity index (χ0) is 12.3. The smallest absolute Gasteiger partial charge is 0.193 e. The number of nitrogens with zero attached hydrogens (tertiary/aromatic N) is 1. The fourth-order valence-electron chi connectivity index (χ4n) is 1.64. The Hall–Kier alpha value is -0.690. The summed E-state index contributed by atoms with van der Waals surface area (Å²) in [5.41, 5.74) is 6.62. The van der Waals surface area contributed by atoms with E-state index >= 15 is 0 Å². The van der Waals surface area contributed by atoms with Gasteiger partial charge in [0.15, 0.2) is 5.96 Å². The van der Waals surface area contributed by atoms with Crippen LogP contribution in [-0.2, 0) is 0 Å². The third-order valence-corrected chi connectivity index (χ3v) is 3.12. The Kier molecular flexibility index (Phi) is 6.01. The van der Waals surface area contributed by atoms with Gasteiger partial charge in [-0.3, -0.25) is 0 Å². The Labute approximate surface area is 129 Å². The Balaban J connectivity index is 0.00000162. The van der Waals surface area contributed by atoms with Gasteiger partial charge in [0.1, 0.15) is 5.75 Å². The monoisotopic (exact) mass is 381 g/mol.